The van der Waals surface area contributed by atoms with Gasteiger partial charge in [-0.3, -0.25) is 9.78 Å². The Morgan fingerprint density at radius 1 is 1.10 bits per heavy atom. The van der Waals surface area contributed by atoms with Crippen LogP contribution in [0.1, 0.15) is 42.7 Å². The fourth-order valence-electron chi connectivity index (χ4n) is 2.03. The number of aromatic nitrogens is 1. The number of hydrogen-bond donors (Lipinski definition) is 2. The Morgan fingerprint density at radius 2 is 1.81 bits per heavy atom. The smallest absolute Gasteiger partial charge is 0.251 e. The van der Waals surface area contributed by atoms with Crippen molar-refractivity contribution >= 4 is 11.6 Å². The van der Waals surface area contributed by atoms with Crippen LogP contribution in [0.25, 0.3) is 0 Å². The van der Waals surface area contributed by atoms with E-state index >= 15 is 0 Å². The molecule has 0 aliphatic heterocycles. The van der Waals surface area contributed by atoms with Crippen molar-refractivity contribution in [2.75, 3.05) is 5.32 Å². The standard InChI is InChI=1S/C17H21N3O/c1-12(2)19-17(21)14-6-8-16(9-7-14)20-13(3)15-5-4-10-18-11-15/h4-13,20H,1-3H3,(H,19,21). The summed E-state index contributed by atoms with van der Waals surface area (Å²) in [6.45, 7) is 5.98. The van der Waals surface area contributed by atoms with Gasteiger partial charge in [-0.15, -0.1) is 0 Å². The average Bonchev–Trinajstić information content (AvgIpc) is 2.48. The maximum Gasteiger partial charge on any atom is 0.251 e. The largest absolute Gasteiger partial charge is 0.378 e. The highest BCUT2D eigenvalue weighted by Gasteiger charge is 2.08. The van der Waals surface area contributed by atoms with E-state index in [4.69, 9.17) is 0 Å². The molecule has 0 aliphatic rings. The van der Waals surface area contributed by atoms with Gasteiger partial charge in [-0.2, -0.15) is 0 Å². The lowest BCUT2D eigenvalue weighted by Gasteiger charge is -2.15. The molecule has 0 saturated carbocycles. The van der Waals surface area contributed by atoms with E-state index in [0.29, 0.717) is 5.56 Å². The molecule has 1 aromatic carbocycles. The molecule has 21 heavy (non-hydrogen) atoms. The minimum Gasteiger partial charge on any atom is -0.378 e. The van der Waals surface area contributed by atoms with Crippen molar-refractivity contribution in [1.82, 2.24) is 10.3 Å². The third-order valence-electron chi connectivity index (χ3n) is 3.13. The lowest BCUT2D eigenvalue weighted by molar-refractivity contribution is 0.0943. The van der Waals surface area contributed by atoms with E-state index in [-0.39, 0.29) is 18.0 Å². The number of nitrogens with zero attached hydrogens (tertiary/aromatic N) is 1. The van der Waals surface area contributed by atoms with Gasteiger partial charge in [0.25, 0.3) is 5.91 Å². The molecule has 0 radical (unpaired) electrons. The van der Waals surface area contributed by atoms with Crippen molar-refractivity contribution in [3.8, 4) is 0 Å². The first-order valence-corrected chi connectivity index (χ1v) is 7.13. The Morgan fingerprint density at radius 3 is 2.38 bits per heavy atom. The highest BCUT2D eigenvalue weighted by atomic mass is 16.1. The summed E-state index contributed by atoms with van der Waals surface area (Å²) >= 11 is 0. The molecule has 4 nitrogen and oxygen atoms in total. The molecule has 4 heteroatoms. The minimum absolute atomic E-state index is 0.0446. The zero-order valence-corrected chi connectivity index (χ0v) is 12.6. The number of anilines is 1. The predicted molar refractivity (Wildman–Crippen MR) is 85.3 cm³/mol. The maximum absolute atomic E-state index is 11.9. The number of carbonyl (C=O) groups excluding carboxylic acids is 1. The molecule has 110 valence electrons. The first kappa shape index (κ1) is 15.0. The molecule has 0 aliphatic carbocycles. The molecule has 1 unspecified atom stereocenters. The molecule has 0 bridgehead atoms. The third-order valence-corrected chi connectivity index (χ3v) is 3.13. The summed E-state index contributed by atoms with van der Waals surface area (Å²) in [6, 6.07) is 11.8. The summed E-state index contributed by atoms with van der Waals surface area (Å²) in [5.41, 5.74) is 2.77. The molecule has 0 fully saturated rings. The summed E-state index contributed by atoms with van der Waals surface area (Å²) in [5, 5.41) is 6.27. The summed E-state index contributed by atoms with van der Waals surface area (Å²) in [6.07, 6.45) is 3.61. The number of pyridine rings is 1. The van der Waals surface area contributed by atoms with Crippen molar-refractivity contribution in [2.45, 2.75) is 32.9 Å². The van der Waals surface area contributed by atoms with E-state index in [0.717, 1.165) is 11.3 Å². The molecule has 0 saturated heterocycles. The molecular formula is C17H21N3O. The van der Waals surface area contributed by atoms with Gasteiger partial charge < -0.3 is 10.6 Å². The van der Waals surface area contributed by atoms with E-state index < -0.39 is 0 Å². The van der Waals surface area contributed by atoms with E-state index in [1.165, 1.54) is 0 Å². The molecule has 1 aromatic heterocycles. The Kier molecular flexibility index (Phi) is 4.93. The maximum atomic E-state index is 11.9. The van der Waals surface area contributed by atoms with Gasteiger partial charge in [0, 0.05) is 29.7 Å². The van der Waals surface area contributed by atoms with E-state index in [2.05, 4.69) is 22.5 Å². The zero-order chi connectivity index (χ0) is 15.2. The van der Waals surface area contributed by atoms with Crippen LogP contribution in [0.15, 0.2) is 48.8 Å². The van der Waals surface area contributed by atoms with Gasteiger partial charge in [-0.1, -0.05) is 6.07 Å². The highest BCUT2D eigenvalue weighted by molar-refractivity contribution is 5.94. The van der Waals surface area contributed by atoms with E-state index in [1.807, 2.05) is 56.4 Å². The van der Waals surface area contributed by atoms with Gasteiger partial charge in [0.15, 0.2) is 0 Å². The topological polar surface area (TPSA) is 54.0 Å². The Balaban J connectivity index is 2.01. The molecule has 1 atom stereocenters. The molecule has 1 heterocycles. The van der Waals surface area contributed by atoms with Crippen LogP contribution in [0.3, 0.4) is 0 Å². The monoisotopic (exact) mass is 283 g/mol. The third kappa shape index (κ3) is 4.31. The second-order valence-electron chi connectivity index (χ2n) is 5.36. The van der Waals surface area contributed by atoms with Gasteiger partial charge in [-0.05, 0) is 56.7 Å². The molecule has 1 amide bonds. The number of nitrogens with one attached hydrogen (secondary N) is 2. The normalized spacial score (nSPS) is 12.0. The van der Waals surface area contributed by atoms with Crippen molar-refractivity contribution in [3.63, 3.8) is 0 Å². The number of benzene rings is 1. The second-order valence-corrected chi connectivity index (χ2v) is 5.36. The van der Waals surface area contributed by atoms with Crippen LogP contribution in [0.5, 0.6) is 0 Å². The molecule has 2 rings (SSSR count). The van der Waals surface area contributed by atoms with E-state index in [9.17, 15) is 4.79 Å². The van der Waals surface area contributed by atoms with Gasteiger partial charge in [-0.25, -0.2) is 0 Å². The molecule has 2 N–H and O–H groups in total. The number of carbonyl (C=O) groups is 1. The minimum atomic E-state index is -0.0446. The average molecular weight is 283 g/mol. The first-order valence-electron chi connectivity index (χ1n) is 7.13. The van der Waals surface area contributed by atoms with Crippen molar-refractivity contribution in [3.05, 3.63) is 59.9 Å². The quantitative estimate of drug-likeness (QED) is 0.884. The SMILES string of the molecule is CC(C)NC(=O)c1ccc(NC(C)c2cccnc2)cc1. The van der Waals surface area contributed by atoms with Crippen LogP contribution in [0.2, 0.25) is 0 Å². The Bertz CT molecular complexity index is 579. The number of amides is 1. The summed E-state index contributed by atoms with van der Waals surface area (Å²) in [4.78, 5) is 16.0. The number of hydrogen-bond acceptors (Lipinski definition) is 3. The number of rotatable bonds is 5. The lowest BCUT2D eigenvalue weighted by Crippen LogP contribution is -2.29. The predicted octanol–water partition coefficient (Wildman–Crippen LogP) is 3.39. The Labute approximate surface area is 125 Å². The van der Waals surface area contributed by atoms with Gasteiger partial charge in [0.05, 0.1) is 6.04 Å². The van der Waals surface area contributed by atoms with Crippen molar-refractivity contribution in [1.29, 1.82) is 0 Å². The molecular weight excluding hydrogens is 262 g/mol. The van der Waals surface area contributed by atoms with Gasteiger partial charge >= 0.3 is 0 Å². The van der Waals surface area contributed by atoms with Gasteiger partial charge in [0.1, 0.15) is 0 Å². The molecule has 0 spiro atoms. The lowest BCUT2D eigenvalue weighted by atomic mass is 10.1. The van der Waals surface area contributed by atoms with Crippen LogP contribution in [-0.4, -0.2) is 16.9 Å². The molecule has 2 aromatic rings. The van der Waals surface area contributed by atoms with Crippen LogP contribution >= 0.6 is 0 Å². The summed E-state index contributed by atoms with van der Waals surface area (Å²) < 4.78 is 0. The van der Waals surface area contributed by atoms with Crippen molar-refractivity contribution < 1.29 is 4.79 Å². The fourth-order valence-corrected chi connectivity index (χ4v) is 2.03. The summed E-state index contributed by atoms with van der Waals surface area (Å²) in [5.74, 6) is -0.0446. The second kappa shape index (κ2) is 6.88. The zero-order valence-electron chi connectivity index (χ0n) is 12.6. The van der Waals surface area contributed by atoms with Crippen molar-refractivity contribution in [2.24, 2.45) is 0 Å². The van der Waals surface area contributed by atoms with Crippen LogP contribution < -0.4 is 10.6 Å². The summed E-state index contributed by atoms with van der Waals surface area (Å²) in [7, 11) is 0. The van der Waals surface area contributed by atoms with Crippen LogP contribution in [0, 0.1) is 0 Å². The van der Waals surface area contributed by atoms with Crippen LogP contribution in [0.4, 0.5) is 5.69 Å². The van der Waals surface area contributed by atoms with Crippen LogP contribution in [-0.2, 0) is 0 Å². The van der Waals surface area contributed by atoms with Gasteiger partial charge in [0.2, 0.25) is 0 Å². The highest BCUT2D eigenvalue weighted by Crippen LogP contribution is 2.18. The van der Waals surface area contributed by atoms with E-state index in [1.54, 1.807) is 6.20 Å². The fraction of sp³-hybridized carbons (Fsp3) is 0.294. The Hall–Kier alpha value is -2.36. The first-order chi connectivity index (χ1) is 10.1.